The number of carbonyl (C=O) groups is 1. The lowest BCUT2D eigenvalue weighted by molar-refractivity contribution is -0.458. The van der Waals surface area contributed by atoms with E-state index in [-0.39, 0.29) is 0 Å². The molecule has 1 saturated carbocycles. The predicted octanol–water partition coefficient (Wildman–Crippen LogP) is 2.39. The quantitative estimate of drug-likeness (QED) is 0.537. The van der Waals surface area contributed by atoms with E-state index in [1.54, 1.807) is 26.4 Å². The number of rotatable bonds is 8. The average Bonchev–Trinajstić information content (AvgIpc) is 3.14. The summed E-state index contributed by atoms with van der Waals surface area (Å²) in [4.78, 5) is 17.3. The average molecular weight is 513 g/mol. The van der Waals surface area contributed by atoms with Crippen molar-refractivity contribution in [1.82, 2.24) is 0 Å². The molecule has 2 aliphatic heterocycles. The standard InChI is InChI=1S/C31H32N2O5/c1-37-17-15-32-13-11-21(23-7-3-5-9-27(23)32)19-25-29(34)26(31(36)30(25)35)20-22-12-14-33(16-18-38-2)28-10-6-4-8-24(22)28/h3-14,19-20,25-26,29-30H,15-18H2,1-2H3/q-2. The van der Waals surface area contributed by atoms with Crippen LogP contribution in [0.15, 0.2) is 85.2 Å². The molecule has 2 aromatic carbocycles. The molecule has 198 valence electrons. The van der Waals surface area contributed by atoms with Crippen molar-refractivity contribution >= 4 is 28.3 Å². The van der Waals surface area contributed by atoms with Crippen LogP contribution in [0, 0.1) is 11.8 Å². The van der Waals surface area contributed by atoms with E-state index in [1.807, 2.05) is 73.1 Å². The van der Waals surface area contributed by atoms with Gasteiger partial charge >= 0.3 is 0 Å². The van der Waals surface area contributed by atoms with E-state index >= 15 is 0 Å². The molecular weight excluding hydrogens is 480 g/mol. The molecule has 0 N–H and O–H groups in total. The summed E-state index contributed by atoms with van der Waals surface area (Å²) >= 11 is 0. The third-order valence-corrected chi connectivity index (χ3v) is 7.41. The molecule has 0 bridgehead atoms. The van der Waals surface area contributed by atoms with Gasteiger partial charge in [0, 0.05) is 68.1 Å². The largest absolute Gasteiger partial charge is 0.851 e. The fraction of sp³-hybridized carbons (Fsp3) is 0.323. The minimum Gasteiger partial charge on any atom is -0.851 e. The first-order valence-electron chi connectivity index (χ1n) is 12.9. The van der Waals surface area contributed by atoms with Gasteiger partial charge in [-0.1, -0.05) is 54.7 Å². The molecule has 38 heavy (non-hydrogen) atoms. The number of benzene rings is 2. The van der Waals surface area contributed by atoms with Gasteiger partial charge < -0.3 is 34.3 Å². The SMILES string of the molecule is COCCN1C=CC(=CC2C(=O)C([O-])C(C=C3C=CN(CCOC)c4ccccc43)C2[O-])c2ccccc21. The Morgan fingerprint density at radius 2 is 1.29 bits per heavy atom. The Morgan fingerprint density at radius 3 is 1.82 bits per heavy atom. The maximum atomic E-state index is 13.6. The Morgan fingerprint density at radius 1 is 0.789 bits per heavy atom. The summed E-state index contributed by atoms with van der Waals surface area (Å²) in [5.74, 6) is -2.47. The van der Waals surface area contributed by atoms with E-state index in [9.17, 15) is 15.0 Å². The predicted molar refractivity (Wildman–Crippen MR) is 145 cm³/mol. The van der Waals surface area contributed by atoms with Gasteiger partial charge in [-0.3, -0.25) is 0 Å². The number of carbonyl (C=O) groups excluding carboxylic acids is 1. The van der Waals surface area contributed by atoms with Gasteiger partial charge in [0.05, 0.1) is 13.2 Å². The van der Waals surface area contributed by atoms with Crippen molar-refractivity contribution in [3.05, 3.63) is 96.4 Å². The number of fused-ring (bicyclic) bond motifs is 2. The lowest BCUT2D eigenvalue weighted by atomic mass is 9.91. The molecule has 0 spiro atoms. The van der Waals surface area contributed by atoms with Crippen molar-refractivity contribution < 1.29 is 24.5 Å². The van der Waals surface area contributed by atoms with Crippen LogP contribution in [0.5, 0.6) is 0 Å². The van der Waals surface area contributed by atoms with Gasteiger partial charge in [0.2, 0.25) is 0 Å². The molecule has 4 unspecified atom stereocenters. The second-order valence-corrected chi connectivity index (χ2v) is 9.67. The van der Waals surface area contributed by atoms with Gasteiger partial charge in [0.1, 0.15) is 5.78 Å². The summed E-state index contributed by atoms with van der Waals surface area (Å²) in [5, 5.41) is 26.7. The summed E-state index contributed by atoms with van der Waals surface area (Å²) in [6.07, 6.45) is 8.13. The van der Waals surface area contributed by atoms with Gasteiger partial charge in [-0.25, -0.2) is 0 Å². The number of anilines is 2. The molecule has 1 fully saturated rings. The number of allylic oxidation sites excluding steroid dienone is 4. The summed E-state index contributed by atoms with van der Waals surface area (Å²) in [6, 6.07) is 15.7. The van der Waals surface area contributed by atoms with Gasteiger partial charge in [0.15, 0.2) is 0 Å². The van der Waals surface area contributed by atoms with E-state index in [0.29, 0.717) is 26.3 Å². The minimum absolute atomic E-state index is 0.540. The lowest BCUT2D eigenvalue weighted by Crippen LogP contribution is -2.40. The maximum Gasteiger partial charge on any atom is 0.125 e. The molecule has 0 radical (unpaired) electrons. The molecule has 3 aliphatic rings. The second-order valence-electron chi connectivity index (χ2n) is 9.67. The normalized spacial score (nSPS) is 26.4. The highest BCUT2D eigenvalue weighted by Gasteiger charge is 2.37. The van der Waals surface area contributed by atoms with Crippen LogP contribution in [0.1, 0.15) is 11.1 Å². The van der Waals surface area contributed by atoms with Crippen molar-refractivity contribution in [3.63, 3.8) is 0 Å². The van der Waals surface area contributed by atoms with Crippen LogP contribution in [0.4, 0.5) is 11.4 Å². The smallest absolute Gasteiger partial charge is 0.125 e. The Bertz CT molecular complexity index is 1300. The summed E-state index contributed by atoms with van der Waals surface area (Å²) in [6.45, 7) is 2.50. The highest BCUT2D eigenvalue weighted by atomic mass is 16.5. The first-order chi connectivity index (χ1) is 18.5. The molecular formula is C31H32N2O5-2. The van der Waals surface area contributed by atoms with Crippen LogP contribution < -0.4 is 20.0 Å². The zero-order chi connectivity index (χ0) is 26.6. The van der Waals surface area contributed by atoms with E-state index in [2.05, 4.69) is 9.80 Å². The summed E-state index contributed by atoms with van der Waals surface area (Å²) in [7, 11) is 3.32. The Hall–Kier alpha value is -3.49. The molecule has 5 rings (SSSR count). The number of methoxy groups -OCH3 is 2. The van der Waals surface area contributed by atoms with Gasteiger partial charge in [0.25, 0.3) is 0 Å². The fourth-order valence-electron chi connectivity index (χ4n) is 5.39. The van der Waals surface area contributed by atoms with Crippen LogP contribution in [0.3, 0.4) is 0 Å². The van der Waals surface area contributed by atoms with Crippen LogP contribution in [-0.2, 0) is 14.3 Å². The van der Waals surface area contributed by atoms with Gasteiger partial charge in [-0.05, 0) is 41.3 Å². The van der Waals surface area contributed by atoms with Crippen molar-refractivity contribution in [2.75, 3.05) is 50.3 Å². The third kappa shape index (κ3) is 4.98. The first kappa shape index (κ1) is 26.1. The van der Waals surface area contributed by atoms with Crippen LogP contribution in [0.2, 0.25) is 0 Å². The van der Waals surface area contributed by atoms with E-state index in [1.165, 1.54) is 0 Å². The van der Waals surface area contributed by atoms with Crippen LogP contribution in [-0.4, -0.2) is 58.5 Å². The molecule has 0 saturated heterocycles. The third-order valence-electron chi connectivity index (χ3n) is 7.41. The highest BCUT2D eigenvalue weighted by Crippen LogP contribution is 2.39. The number of hydrogen-bond donors (Lipinski definition) is 0. The number of Topliss-reactive ketones (excluding diaryl/α,β-unsaturated/α-hetero) is 1. The van der Waals surface area contributed by atoms with E-state index in [0.717, 1.165) is 33.6 Å². The highest BCUT2D eigenvalue weighted by molar-refractivity contribution is 5.95. The van der Waals surface area contributed by atoms with Crippen molar-refractivity contribution in [2.45, 2.75) is 12.2 Å². The molecule has 2 heterocycles. The Balaban J connectivity index is 1.43. The Labute approximate surface area is 223 Å². The molecule has 0 amide bonds. The molecule has 2 aromatic rings. The number of ketones is 1. The molecule has 0 aromatic heterocycles. The van der Waals surface area contributed by atoms with E-state index in [4.69, 9.17) is 9.47 Å². The summed E-state index contributed by atoms with van der Waals surface area (Å²) in [5.41, 5.74) is 5.39. The van der Waals surface area contributed by atoms with Crippen molar-refractivity contribution in [1.29, 1.82) is 0 Å². The number of hydrogen-bond acceptors (Lipinski definition) is 7. The fourth-order valence-corrected chi connectivity index (χ4v) is 5.39. The van der Waals surface area contributed by atoms with Crippen LogP contribution >= 0.6 is 0 Å². The Kier molecular flexibility index (Phi) is 7.90. The second kappa shape index (κ2) is 11.5. The number of para-hydroxylation sites is 2. The van der Waals surface area contributed by atoms with Crippen molar-refractivity contribution in [3.8, 4) is 0 Å². The zero-order valence-electron chi connectivity index (χ0n) is 21.7. The number of nitrogens with zero attached hydrogens (tertiary/aromatic N) is 2. The molecule has 7 heteroatoms. The lowest BCUT2D eigenvalue weighted by Gasteiger charge is -2.33. The van der Waals surface area contributed by atoms with Gasteiger partial charge in [-0.2, -0.15) is 0 Å². The zero-order valence-corrected chi connectivity index (χ0v) is 21.7. The minimum atomic E-state index is -1.60. The first-order valence-corrected chi connectivity index (χ1v) is 12.9. The molecule has 1 aliphatic carbocycles. The number of ether oxygens (including phenoxy) is 2. The maximum absolute atomic E-state index is 13.6. The van der Waals surface area contributed by atoms with Gasteiger partial charge in [-0.15, -0.1) is 6.10 Å². The molecule has 7 nitrogen and oxygen atoms in total. The monoisotopic (exact) mass is 512 g/mol. The van der Waals surface area contributed by atoms with E-state index < -0.39 is 29.8 Å². The summed E-state index contributed by atoms with van der Waals surface area (Å²) < 4.78 is 10.4. The topological polar surface area (TPSA) is 88.1 Å². The van der Waals surface area contributed by atoms with Crippen molar-refractivity contribution in [2.24, 2.45) is 11.8 Å². The van der Waals surface area contributed by atoms with Crippen LogP contribution in [0.25, 0.3) is 11.1 Å². The molecule has 4 atom stereocenters.